The number of piperidine rings is 1. The number of aromatic nitrogens is 2. The highest BCUT2D eigenvalue weighted by molar-refractivity contribution is 6.33. The number of likely N-dealkylation sites (tertiary alicyclic amines) is 1. The number of fused-ring (bicyclic) bond motifs is 2. The van der Waals surface area contributed by atoms with Crippen molar-refractivity contribution in [3.8, 4) is 11.9 Å². The number of halogens is 5. The summed E-state index contributed by atoms with van der Waals surface area (Å²) in [6.07, 6.45) is -4.41. The molecule has 7 nitrogen and oxygen atoms in total. The SMILES string of the molecule is N#Cc1ccc(Nc2ncnc(OC3C4COCC3CN(CCC(F)(F)F)C4)c2F)c(Cl)c1. The molecule has 2 aliphatic rings. The molecule has 0 spiro atoms. The first-order valence-electron chi connectivity index (χ1n) is 10.2. The lowest BCUT2D eigenvalue weighted by atomic mass is 9.84. The van der Waals surface area contributed by atoms with E-state index in [9.17, 15) is 13.2 Å². The Labute approximate surface area is 192 Å². The summed E-state index contributed by atoms with van der Waals surface area (Å²) in [5.74, 6) is -1.68. The van der Waals surface area contributed by atoms with Crippen molar-refractivity contribution in [3.63, 3.8) is 0 Å². The molecule has 1 aromatic heterocycles. The zero-order valence-electron chi connectivity index (χ0n) is 17.3. The number of benzene rings is 1. The molecule has 4 rings (SSSR count). The fraction of sp³-hybridized carbons (Fsp3) is 0.476. The van der Waals surface area contributed by atoms with Crippen molar-refractivity contribution in [2.24, 2.45) is 11.8 Å². The van der Waals surface area contributed by atoms with Crippen LogP contribution in [0.1, 0.15) is 12.0 Å². The molecule has 0 aliphatic carbocycles. The molecule has 0 amide bonds. The maximum atomic E-state index is 15.1. The Bertz CT molecular complexity index is 1030. The molecule has 1 aromatic carbocycles. The predicted octanol–water partition coefficient (Wildman–Crippen LogP) is 4.16. The molecular weight excluding hydrogens is 466 g/mol. The van der Waals surface area contributed by atoms with Crippen LogP contribution >= 0.6 is 11.6 Å². The third-order valence-corrected chi connectivity index (χ3v) is 5.96. The van der Waals surface area contributed by atoms with Gasteiger partial charge in [-0.25, -0.2) is 4.98 Å². The van der Waals surface area contributed by atoms with Crippen molar-refractivity contribution in [2.75, 3.05) is 38.2 Å². The molecule has 2 bridgehead atoms. The summed E-state index contributed by atoms with van der Waals surface area (Å²) in [7, 11) is 0. The van der Waals surface area contributed by atoms with E-state index in [1.807, 2.05) is 6.07 Å². The highest BCUT2D eigenvalue weighted by Gasteiger charge is 2.43. The number of rotatable bonds is 6. The Hall–Kier alpha value is -2.68. The van der Waals surface area contributed by atoms with Crippen molar-refractivity contribution in [1.29, 1.82) is 5.26 Å². The minimum Gasteiger partial charge on any atom is -0.471 e. The number of nitriles is 1. The van der Waals surface area contributed by atoms with Gasteiger partial charge in [-0.3, -0.25) is 0 Å². The van der Waals surface area contributed by atoms with Gasteiger partial charge in [0.2, 0.25) is 5.82 Å². The second-order valence-electron chi connectivity index (χ2n) is 8.04. The third-order valence-electron chi connectivity index (χ3n) is 5.65. The molecule has 2 aromatic rings. The maximum Gasteiger partial charge on any atom is 0.390 e. The average molecular weight is 486 g/mol. The van der Waals surface area contributed by atoms with Crippen LogP contribution < -0.4 is 10.1 Å². The van der Waals surface area contributed by atoms with Gasteiger partial charge in [0, 0.05) is 31.5 Å². The molecule has 0 saturated carbocycles. The van der Waals surface area contributed by atoms with Gasteiger partial charge in [-0.2, -0.15) is 27.8 Å². The molecule has 2 fully saturated rings. The molecule has 1 N–H and O–H groups in total. The van der Waals surface area contributed by atoms with Crippen molar-refractivity contribution < 1.29 is 27.0 Å². The minimum atomic E-state index is -4.22. The Kier molecular flexibility index (Phi) is 6.88. The van der Waals surface area contributed by atoms with Gasteiger partial charge < -0.3 is 19.7 Å². The third kappa shape index (κ3) is 5.63. The van der Waals surface area contributed by atoms with E-state index in [0.717, 1.165) is 6.33 Å². The lowest BCUT2D eigenvalue weighted by Crippen LogP contribution is -2.57. The fourth-order valence-electron chi connectivity index (χ4n) is 4.12. The van der Waals surface area contributed by atoms with E-state index in [0.29, 0.717) is 37.6 Å². The molecule has 12 heteroatoms. The lowest BCUT2D eigenvalue weighted by Gasteiger charge is -2.46. The summed E-state index contributed by atoms with van der Waals surface area (Å²) >= 11 is 6.14. The summed E-state index contributed by atoms with van der Waals surface area (Å²) in [5, 5.41) is 11.9. The molecule has 2 saturated heterocycles. The molecule has 2 atom stereocenters. The van der Waals surface area contributed by atoms with E-state index >= 15 is 4.39 Å². The van der Waals surface area contributed by atoms with Crippen LogP contribution in [-0.4, -0.2) is 60.0 Å². The Balaban J connectivity index is 1.47. The van der Waals surface area contributed by atoms with Gasteiger partial charge in [0.05, 0.1) is 42.0 Å². The minimum absolute atomic E-state index is 0.0928. The number of ether oxygens (including phenoxy) is 2. The molecule has 176 valence electrons. The van der Waals surface area contributed by atoms with Gasteiger partial charge in [-0.15, -0.1) is 0 Å². The first kappa shape index (κ1) is 23.5. The van der Waals surface area contributed by atoms with Gasteiger partial charge in [0.1, 0.15) is 12.4 Å². The number of hydrogen-bond donors (Lipinski definition) is 1. The smallest absolute Gasteiger partial charge is 0.390 e. The highest BCUT2D eigenvalue weighted by atomic mass is 35.5. The summed E-state index contributed by atoms with van der Waals surface area (Å²) in [5.41, 5.74) is 0.704. The van der Waals surface area contributed by atoms with Gasteiger partial charge >= 0.3 is 6.18 Å². The predicted molar refractivity (Wildman–Crippen MR) is 111 cm³/mol. The molecule has 3 heterocycles. The number of nitrogens with one attached hydrogen (secondary N) is 1. The number of hydrogen-bond acceptors (Lipinski definition) is 7. The van der Waals surface area contributed by atoms with Crippen LogP contribution in [0.4, 0.5) is 29.1 Å². The lowest BCUT2D eigenvalue weighted by molar-refractivity contribution is -0.149. The normalized spacial score (nSPS) is 23.1. The zero-order valence-corrected chi connectivity index (χ0v) is 18.0. The second kappa shape index (κ2) is 9.67. The largest absolute Gasteiger partial charge is 0.471 e. The number of nitrogens with zero attached hydrogens (tertiary/aromatic N) is 4. The monoisotopic (exact) mass is 485 g/mol. The topological polar surface area (TPSA) is 83.3 Å². The van der Waals surface area contributed by atoms with E-state index in [-0.39, 0.29) is 35.1 Å². The first-order chi connectivity index (χ1) is 15.7. The summed E-state index contributed by atoms with van der Waals surface area (Å²) in [4.78, 5) is 9.57. The van der Waals surface area contributed by atoms with E-state index < -0.39 is 24.5 Å². The van der Waals surface area contributed by atoms with Crippen LogP contribution in [0.2, 0.25) is 5.02 Å². The van der Waals surface area contributed by atoms with Crippen molar-refractivity contribution in [3.05, 3.63) is 40.9 Å². The Morgan fingerprint density at radius 1 is 1.24 bits per heavy atom. The van der Waals surface area contributed by atoms with Gasteiger partial charge in [-0.05, 0) is 18.2 Å². The summed E-state index contributed by atoms with van der Waals surface area (Å²) < 4.78 is 64.4. The van der Waals surface area contributed by atoms with Crippen molar-refractivity contribution >= 4 is 23.1 Å². The molecule has 0 radical (unpaired) electrons. The van der Waals surface area contributed by atoms with E-state index in [2.05, 4.69) is 15.3 Å². The van der Waals surface area contributed by atoms with Crippen molar-refractivity contribution in [1.82, 2.24) is 14.9 Å². The van der Waals surface area contributed by atoms with Crippen LogP contribution in [0.5, 0.6) is 5.88 Å². The number of alkyl halides is 3. The van der Waals surface area contributed by atoms with Gasteiger partial charge in [-0.1, -0.05) is 11.6 Å². The van der Waals surface area contributed by atoms with Crippen LogP contribution in [-0.2, 0) is 4.74 Å². The standard InChI is InChI=1S/C21H20ClF4N5O2/c22-15-5-12(6-27)1-2-16(15)30-19-17(23)20(29-11-28-19)33-18-13-7-31(4-3-21(24,25)26)8-14(18)10-32-9-13/h1-2,5,11,13-14,18H,3-4,7-10H2,(H,28,29,30). The van der Waals surface area contributed by atoms with Crippen molar-refractivity contribution in [2.45, 2.75) is 18.7 Å². The van der Waals surface area contributed by atoms with Gasteiger partial charge in [0.25, 0.3) is 5.88 Å². The fourth-order valence-corrected chi connectivity index (χ4v) is 4.35. The van der Waals surface area contributed by atoms with Crippen LogP contribution in [0, 0.1) is 29.0 Å². The van der Waals surface area contributed by atoms with Crippen LogP contribution in [0.3, 0.4) is 0 Å². The van der Waals surface area contributed by atoms with Gasteiger partial charge in [0.15, 0.2) is 5.82 Å². The Morgan fingerprint density at radius 3 is 2.61 bits per heavy atom. The summed E-state index contributed by atoms with van der Waals surface area (Å²) in [6.45, 7) is 1.24. The molecular formula is C21H20ClF4N5O2. The highest BCUT2D eigenvalue weighted by Crippen LogP contribution is 2.34. The Morgan fingerprint density at radius 2 is 1.97 bits per heavy atom. The van der Waals surface area contributed by atoms with E-state index in [1.165, 1.54) is 18.2 Å². The average Bonchev–Trinajstić information content (AvgIpc) is 2.76. The summed E-state index contributed by atoms with van der Waals surface area (Å²) in [6, 6.07) is 6.46. The molecule has 33 heavy (non-hydrogen) atoms. The van der Waals surface area contributed by atoms with E-state index in [1.54, 1.807) is 4.90 Å². The maximum absolute atomic E-state index is 15.1. The van der Waals surface area contributed by atoms with Crippen LogP contribution in [0.15, 0.2) is 24.5 Å². The number of anilines is 2. The first-order valence-corrected chi connectivity index (χ1v) is 10.6. The zero-order chi connectivity index (χ0) is 23.6. The molecule has 2 aliphatic heterocycles. The van der Waals surface area contributed by atoms with Crippen LogP contribution in [0.25, 0.3) is 0 Å². The quantitative estimate of drug-likeness (QED) is 0.615. The molecule has 2 unspecified atom stereocenters. The second-order valence-corrected chi connectivity index (χ2v) is 8.44. The van der Waals surface area contributed by atoms with E-state index in [4.69, 9.17) is 26.3 Å².